The average Bonchev–Trinajstić information content (AvgIpc) is 2.99. The average molecular weight is 324 g/mol. The van der Waals surface area contributed by atoms with Gasteiger partial charge in [0.25, 0.3) is 0 Å². The Balaban J connectivity index is 1.64. The van der Waals surface area contributed by atoms with E-state index in [9.17, 15) is 0 Å². The Bertz CT molecular complexity index is 825. The van der Waals surface area contributed by atoms with E-state index in [-0.39, 0.29) is 0 Å². The van der Waals surface area contributed by atoms with Crippen LogP contribution in [0.2, 0.25) is 0 Å². The first-order valence-electron chi connectivity index (χ1n) is 8.35. The molecule has 0 aliphatic rings. The van der Waals surface area contributed by atoms with Gasteiger partial charge in [0.05, 0.1) is 7.11 Å². The smallest absolute Gasteiger partial charge is 0.145 e. The second-order valence-corrected chi connectivity index (χ2v) is 5.97. The van der Waals surface area contributed by atoms with Gasteiger partial charge in [-0.15, -0.1) is 0 Å². The molecule has 3 rings (SSSR count). The first kappa shape index (κ1) is 16.3. The molecule has 0 radical (unpaired) electrons. The summed E-state index contributed by atoms with van der Waals surface area (Å²) in [6.45, 7) is 6.00. The molecular weight excluding hydrogens is 300 g/mol. The number of imidazole rings is 1. The number of anilines is 1. The summed E-state index contributed by atoms with van der Waals surface area (Å²) in [6, 6.07) is 8.14. The standard InChI is InChI=1S/C19H24N4O/c1-14-13-17(16-7-6-8-18(24-3)19(16)22-14)21-9-4-5-11-23-12-10-20-15(23)2/h6-8,10,12-13H,4-5,9,11H2,1-3H3,(H,21,22). The van der Waals surface area contributed by atoms with Crippen molar-refractivity contribution >= 4 is 16.6 Å². The van der Waals surface area contributed by atoms with Crippen LogP contribution in [0, 0.1) is 13.8 Å². The van der Waals surface area contributed by atoms with E-state index in [4.69, 9.17) is 4.74 Å². The third-order valence-electron chi connectivity index (χ3n) is 4.22. The van der Waals surface area contributed by atoms with Gasteiger partial charge in [-0.05, 0) is 38.8 Å². The lowest BCUT2D eigenvalue weighted by molar-refractivity contribution is 0.419. The Kier molecular flexibility index (Phi) is 4.99. The summed E-state index contributed by atoms with van der Waals surface area (Å²) in [7, 11) is 1.68. The Morgan fingerprint density at radius 3 is 2.83 bits per heavy atom. The number of hydrogen-bond acceptors (Lipinski definition) is 4. The highest BCUT2D eigenvalue weighted by Crippen LogP contribution is 2.29. The van der Waals surface area contributed by atoms with Crippen LogP contribution in [0.5, 0.6) is 5.75 Å². The normalized spacial score (nSPS) is 11.0. The summed E-state index contributed by atoms with van der Waals surface area (Å²) in [6.07, 6.45) is 6.11. The Hall–Kier alpha value is -2.56. The predicted octanol–water partition coefficient (Wildman–Crippen LogP) is 3.95. The lowest BCUT2D eigenvalue weighted by atomic mass is 10.1. The van der Waals surface area contributed by atoms with Crippen LogP contribution in [0.1, 0.15) is 24.4 Å². The molecule has 0 bridgehead atoms. The van der Waals surface area contributed by atoms with E-state index >= 15 is 0 Å². The third kappa shape index (κ3) is 3.50. The number of para-hydroxylation sites is 1. The van der Waals surface area contributed by atoms with Crippen molar-refractivity contribution in [3.63, 3.8) is 0 Å². The summed E-state index contributed by atoms with van der Waals surface area (Å²) in [5.74, 6) is 1.89. The molecule has 1 aromatic carbocycles. The second-order valence-electron chi connectivity index (χ2n) is 5.97. The fraction of sp³-hybridized carbons (Fsp3) is 0.368. The lowest BCUT2D eigenvalue weighted by Gasteiger charge is -2.13. The number of benzene rings is 1. The summed E-state index contributed by atoms with van der Waals surface area (Å²) < 4.78 is 7.63. The minimum atomic E-state index is 0.815. The van der Waals surface area contributed by atoms with Gasteiger partial charge in [-0.1, -0.05) is 12.1 Å². The van der Waals surface area contributed by atoms with Gasteiger partial charge in [-0.25, -0.2) is 9.97 Å². The molecule has 126 valence electrons. The number of aryl methyl sites for hydroxylation is 3. The molecule has 0 fully saturated rings. The zero-order valence-electron chi connectivity index (χ0n) is 14.5. The van der Waals surface area contributed by atoms with Gasteiger partial charge >= 0.3 is 0 Å². The van der Waals surface area contributed by atoms with Crippen LogP contribution < -0.4 is 10.1 Å². The number of aromatic nitrogens is 3. The monoisotopic (exact) mass is 324 g/mol. The number of fused-ring (bicyclic) bond motifs is 1. The van der Waals surface area contributed by atoms with E-state index in [1.165, 1.54) is 0 Å². The molecule has 5 heteroatoms. The van der Waals surface area contributed by atoms with Gasteiger partial charge in [0, 0.05) is 42.3 Å². The molecule has 0 atom stereocenters. The highest BCUT2D eigenvalue weighted by Gasteiger charge is 2.08. The van der Waals surface area contributed by atoms with Gasteiger partial charge in [0.15, 0.2) is 0 Å². The number of nitrogens with one attached hydrogen (secondary N) is 1. The number of unbranched alkanes of at least 4 members (excludes halogenated alkanes) is 1. The highest BCUT2D eigenvalue weighted by atomic mass is 16.5. The molecule has 0 spiro atoms. The van der Waals surface area contributed by atoms with Gasteiger partial charge in [0.1, 0.15) is 17.1 Å². The molecule has 5 nitrogen and oxygen atoms in total. The van der Waals surface area contributed by atoms with E-state index in [2.05, 4.69) is 32.0 Å². The van der Waals surface area contributed by atoms with Gasteiger partial charge < -0.3 is 14.6 Å². The maximum Gasteiger partial charge on any atom is 0.145 e. The third-order valence-corrected chi connectivity index (χ3v) is 4.22. The van der Waals surface area contributed by atoms with Crippen LogP contribution in [0.25, 0.3) is 10.9 Å². The molecule has 0 aliphatic heterocycles. The summed E-state index contributed by atoms with van der Waals surface area (Å²) in [4.78, 5) is 8.87. The quantitative estimate of drug-likeness (QED) is 0.669. The zero-order chi connectivity index (χ0) is 16.9. The van der Waals surface area contributed by atoms with Crippen molar-refractivity contribution in [1.82, 2.24) is 14.5 Å². The van der Waals surface area contributed by atoms with Crippen LogP contribution in [0.15, 0.2) is 36.7 Å². The fourth-order valence-corrected chi connectivity index (χ4v) is 2.93. The van der Waals surface area contributed by atoms with Crippen LogP contribution in [0.3, 0.4) is 0 Å². The Morgan fingerprint density at radius 1 is 1.21 bits per heavy atom. The number of ether oxygens (including phenoxy) is 1. The number of hydrogen-bond donors (Lipinski definition) is 1. The molecule has 0 saturated carbocycles. The topological polar surface area (TPSA) is 52.0 Å². The van der Waals surface area contributed by atoms with E-state index in [1.54, 1.807) is 7.11 Å². The first-order valence-corrected chi connectivity index (χ1v) is 8.35. The first-order chi connectivity index (χ1) is 11.7. The van der Waals surface area contributed by atoms with Crippen molar-refractivity contribution in [2.75, 3.05) is 19.0 Å². The van der Waals surface area contributed by atoms with Crippen molar-refractivity contribution < 1.29 is 4.74 Å². The molecule has 2 heterocycles. The predicted molar refractivity (Wildman–Crippen MR) is 97.7 cm³/mol. The lowest BCUT2D eigenvalue weighted by Crippen LogP contribution is -2.06. The fourth-order valence-electron chi connectivity index (χ4n) is 2.93. The Morgan fingerprint density at radius 2 is 2.08 bits per heavy atom. The van der Waals surface area contributed by atoms with Gasteiger partial charge in [0.2, 0.25) is 0 Å². The van der Waals surface area contributed by atoms with Gasteiger partial charge in [-0.2, -0.15) is 0 Å². The second kappa shape index (κ2) is 7.34. The number of nitrogens with zero attached hydrogens (tertiary/aromatic N) is 3. The molecular formula is C19H24N4O. The summed E-state index contributed by atoms with van der Waals surface area (Å²) in [5.41, 5.74) is 3.02. The maximum atomic E-state index is 5.43. The van der Waals surface area contributed by atoms with Gasteiger partial charge in [-0.3, -0.25) is 0 Å². The van der Waals surface area contributed by atoms with E-state index in [1.807, 2.05) is 38.4 Å². The van der Waals surface area contributed by atoms with Crippen molar-refractivity contribution in [3.05, 3.63) is 48.2 Å². The number of pyridine rings is 1. The highest BCUT2D eigenvalue weighted by molar-refractivity contribution is 5.95. The van der Waals surface area contributed by atoms with Crippen LogP contribution in [-0.2, 0) is 6.54 Å². The Labute approximate surface area is 142 Å². The van der Waals surface area contributed by atoms with Crippen molar-refractivity contribution in [1.29, 1.82) is 0 Å². The summed E-state index contributed by atoms with van der Waals surface area (Å²) in [5, 5.41) is 4.66. The van der Waals surface area contributed by atoms with E-state index in [0.717, 1.165) is 59.8 Å². The van der Waals surface area contributed by atoms with Crippen LogP contribution in [-0.4, -0.2) is 28.2 Å². The van der Waals surface area contributed by atoms with Crippen molar-refractivity contribution in [2.45, 2.75) is 33.2 Å². The zero-order valence-corrected chi connectivity index (χ0v) is 14.5. The number of methoxy groups -OCH3 is 1. The molecule has 0 aliphatic carbocycles. The molecule has 0 saturated heterocycles. The van der Waals surface area contributed by atoms with E-state index < -0.39 is 0 Å². The molecule has 2 aromatic heterocycles. The van der Waals surface area contributed by atoms with Crippen molar-refractivity contribution in [3.8, 4) is 5.75 Å². The van der Waals surface area contributed by atoms with E-state index in [0.29, 0.717) is 0 Å². The number of rotatable bonds is 7. The minimum Gasteiger partial charge on any atom is -0.494 e. The molecule has 24 heavy (non-hydrogen) atoms. The largest absolute Gasteiger partial charge is 0.494 e. The molecule has 0 unspecified atom stereocenters. The minimum absolute atomic E-state index is 0.815. The summed E-state index contributed by atoms with van der Waals surface area (Å²) >= 11 is 0. The molecule has 0 amide bonds. The molecule has 3 aromatic rings. The van der Waals surface area contributed by atoms with Crippen LogP contribution in [0.4, 0.5) is 5.69 Å². The molecule has 1 N–H and O–H groups in total. The maximum absolute atomic E-state index is 5.43. The SMILES string of the molecule is COc1cccc2c(NCCCCn3ccnc3C)cc(C)nc12. The van der Waals surface area contributed by atoms with Crippen LogP contribution >= 0.6 is 0 Å². The van der Waals surface area contributed by atoms with Crippen molar-refractivity contribution in [2.24, 2.45) is 0 Å².